The molecule has 304 valence electrons. The molecule has 0 aromatic heterocycles. The van der Waals surface area contributed by atoms with Crippen LogP contribution in [0.15, 0.2) is 54.6 Å². The number of carbonyl (C=O) groups is 4. The number of nitrogens with zero attached hydrogens (tertiary/aromatic N) is 5. The predicted octanol–water partition coefficient (Wildman–Crippen LogP) is 6.84. The van der Waals surface area contributed by atoms with Gasteiger partial charge in [-0.2, -0.15) is 5.26 Å². The van der Waals surface area contributed by atoms with Crippen molar-refractivity contribution in [2.45, 2.75) is 89.8 Å². The minimum atomic E-state index is -0.959. The topological polar surface area (TPSA) is 126 Å². The van der Waals surface area contributed by atoms with Crippen LogP contribution in [0.25, 0.3) is 0 Å². The molecule has 3 heterocycles. The molecule has 14 heteroatoms. The monoisotopic (exact) mass is 842 g/mol. The highest BCUT2D eigenvalue weighted by atomic mass is 35.5. The van der Waals surface area contributed by atoms with Crippen LogP contribution in [0.5, 0.6) is 5.75 Å². The summed E-state index contributed by atoms with van der Waals surface area (Å²) in [6, 6.07) is 18.9. The molecule has 3 amide bonds. The third-order valence-corrected chi connectivity index (χ3v) is 12.6. The molecule has 4 aliphatic rings. The molecule has 58 heavy (non-hydrogen) atoms. The number of nitrogens with one attached hydrogen (secondary N) is 1. The Morgan fingerprint density at radius 2 is 1.67 bits per heavy atom. The minimum Gasteiger partial charge on any atom is -0.492 e. The summed E-state index contributed by atoms with van der Waals surface area (Å²) in [5, 5.41) is 12.9. The van der Waals surface area contributed by atoms with Gasteiger partial charge in [0.05, 0.1) is 22.8 Å². The standard InChI is InChI=1S/C44H48Cl2N6O5S/c1-26-23-49(24-27(2)50(26)25-36(53)19-29-15-28(17-33(45)18-29)16-31-8-12-40(54)48-41(31)55)13-14-57-39-11-10-35(20-37(39)30-5-6-30)52-43(58)51(42(56)44(52,3)4)34-9-7-32(22-47)38(46)21-34/h7,9-11,15,17-18,20-21,26-27,30-31H,5-6,8,12-14,16,19,23-25H2,1-4H3,(H,48,54,55)/t26-,27+,31?. The lowest BCUT2D eigenvalue weighted by Crippen LogP contribution is -2.58. The van der Waals surface area contributed by atoms with Crippen LogP contribution < -0.4 is 19.9 Å². The van der Waals surface area contributed by atoms with E-state index in [2.05, 4.69) is 41.1 Å². The van der Waals surface area contributed by atoms with Crippen molar-refractivity contribution in [2.24, 2.45) is 5.92 Å². The zero-order valence-electron chi connectivity index (χ0n) is 33.2. The molecule has 3 aromatic carbocycles. The molecular formula is C44H48Cl2N6O5S. The van der Waals surface area contributed by atoms with E-state index in [1.165, 1.54) is 4.90 Å². The molecule has 0 radical (unpaired) electrons. The number of nitriles is 1. The predicted molar refractivity (Wildman–Crippen MR) is 229 cm³/mol. The SMILES string of the molecule is C[C@@H]1CN(CCOc2ccc(N3C(=S)N(c4ccc(C#N)c(Cl)c4)C(=O)C3(C)C)cc2C2CC2)C[C@H](C)N1CC(=O)Cc1cc(Cl)cc(CC2CCC(=O)NC2=O)c1. The lowest BCUT2D eigenvalue weighted by Gasteiger charge is -2.44. The number of hydrogen-bond donors (Lipinski definition) is 1. The van der Waals surface area contributed by atoms with Crippen molar-refractivity contribution in [1.82, 2.24) is 15.1 Å². The fourth-order valence-corrected chi connectivity index (χ4v) is 9.62. The van der Waals surface area contributed by atoms with Gasteiger partial charge in [0.1, 0.15) is 24.0 Å². The third kappa shape index (κ3) is 8.94. The van der Waals surface area contributed by atoms with Crippen molar-refractivity contribution in [3.8, 4) is 11.8 Å². The molecule has 0 bridgehead atoms. The number of ether oxygens (including phenoxy) is 1. The van der Waals surface area contributed by atoms with E-state index < -0.39 is 5.54 Å². The molecule has 7 rings (SSSR count). The summed E-state index contributed by atoms with van der Waals surface area (Å²) in [6.07, 6.45) is 3.69. The zero-order valence-corrected chi connectivity index (χ0v) is 35.6. The van der Waals surface area contributed by atoms with E-state index in [1.54, 1.807) is 18.2 Å². The van der Waals surface area contributed by atoms with Gasteiger partial charge < -0.3 is 9.64 Å². The van der Waals surface area contributed by atoms with Crippen molar-refractivity contribution in [3.63, 3.8) is 0 Å². The lowest BCUT2D eigenvalue weighted by molar-refractivity contribution is -0.136. The van der Waals surface area contributed by atoms with Crippen molar-refractivity contribution in [2.75, 3.05) is 42.6 Å². The molecule has 1 aliphatic carbocycles. The molecule has 11 nitrogen and oxygen atoms in total. The number of thiocarbonyl (C=S) groups is 1. The molecule has 3 aliphatic heterocycles. The van der Waals surface area contributed by atoms with Gasteiger partial charge in [0, 0.05) is 61.2 Å². The van der Waals surface area contributed by atoms with Gasteiger partial charge in [-0.05, 0) is 137 Å². The van der Waals surface area contributed by atoms with Crippen LogP contribution in [0.3, 0.4) is 0 Å². The van der Waals surface area contributed by atoms with E-state index in [4.69, 9.17) is 40.2 Å². The first-order valence-corrected chi connectivity index (χ1v) is 21.1. The van der Waals surface area contributed by atoms with E-state index in [1.807, 2.05) is 49.1 Å². The minimum absolute atomic E-state index is 0.106. The summed E-state index contributed by atoms with van der Waals surface area (Å²) in [7, 11) is 0. The van der Waals surface area contributed by atoms with Crippen LogP contribution in [0.1, 0.15) is 81.5 Å². The summed E-state index contributed by atoms with van der Waals surface area (Å²) in [5.74, 6) is 0.352. The number of amides is 3. The highest BCUT2D eigenvalue weighted by Crippen LogP contribution is 2.47. The fourth-order valence-electron chi connectivity index (χ4n) is 8.60. The second-order valence-corrected chi connectivity index (χ2v) is 17.8. The van der Waals surface area contributed by atoms with Gasteiger partial charge in [-0.15, -0.1) is 0 Å². The Balaban J connectivity index is 0.937. The number of halogens is 2. The number of benzene rings is 3. The summed E-state index contributed by atoms with van der Waals surface area (Å²) in [6.45, 7) is 11.2. The number of ketones is 1. The van der Waals surface area contributed by atoms with Crippen molar-refractivity contribution in [3.05, 3.63) is 86.9 Å². The van der Waals surface area contributed by atoms with Crippen LogP contribution in [-0.4, -0.2) is 88.8 Å². The maximum Gasteiger partial charge on any atom is 0.259 e. The fraction of sp³-hybridized carbons (Fsp3) is 0.455. The maximum atomic E-state index is 13.8. The first-order chi connectivity index (χ1) is 27.6. The summed E-state index contributed by atoms with van der Waals surface area (Å²) in [4.78, 5) is 59.1. The molecule has 3 saturated heterocycles. The number of Topliss-reactive ketones (excluding diaryl/α,β-unsaturated/α-hetero) is 1. The number of rotatable bonds is 13. The van der Waals surface area contributed by atoms with Gasteiger partial charge in [-0.3, -0.25) is 39.2 Å². The third-order valence-electron chi connectivity index (χ3n) is 11.7. The van der Waals surface area contributed by atoms with Crippen molar-refractivity contribution < 1.29 is 23.9 Å². The smallest absolute Gasteiger partial charge is 0.259 e. The second-order valence-electron chi connectivity index (χ2n) is 16.6. The van der Waals surface area contributed by atoms with Crippen LogP contribution in [0.2, 0.25) is 10.0 Å². The first kappa shape index (κ1) is 41.8. The van der Waals surface area contributed by atoms with Gasteiger partial charge in [-0.25, -0.2) is 0 Å². The Morgan fingerprint density at radius 3 is 2.34 bits per heavy atom. The number of piperazine rings is 1. The molecule has 1 N–H and O–H groups in total. The summed E-state index contributed by atoms with van der Waals surface area (Å²) in [5.41, 5.74) is 3.52. The van der Waals surface area contributed by atoms with Crippen molar-refractivity contribution >= 4 is 75.4 Å². The average molecular weight is 844 g/mol. The van der Waals surface area contributed by atoms with Crippen LogP contribution in [0, 0.1) is 17.2 Å². The number of carbonyl (C=O) groups excluding carboxylic acids is 4. The molecule has 3 aromatic rings. The van der Waals surface area contributed by atoms with Gasteiger partial charge in [0.2, 0.25) is 11.8 Å². The van der Waals surface area contributed by atoms with E-state index >= 15 is 0 Å². The Bertz CT molecular complexity index is 2190. The maximum absolute atomic E-state index is 13.8. The van der Waals surface area contributed by atoms with E-state index in [9.17, 15) is 24.4 Å². The van der Waals surface area contributed by atoms with E-state index in [-0.39, 0.29) is 52.9 Å². The zero-order chi connectivity index (χ0) is 41.5. The van der Waals surface area contributed by atoms with Gasteiger partial charge in [0.15, 0.2) is 10.9 Å². The van der Waals surface area contributed by atoms with Crippen molar-refractivity contribution in [1.29, 1.82) is 5.26 Å². The Hall–Kier alpha value is -4.38. The van der Waals surface area contributed by atoms with Gasteiger partial charge in [-0.1, -0.05) is 29.3 Å². The first-order valence-electron chi connectivity index (χ1n) is 19.9. The number of anilines is 2. The average Bonchev–Trinajstić information content (AvgIpc) is 3.98. The molecule has 1 unspecified atom stereocenters. The molecular weight excluding hydrogens is 795 g/mol. The highest BCUT2D eigenvalue weighted by Gasteiger charge is 2.50. The Kier molecular flexibility index (Phi) is 12.3. The number of hydrogen-bond acceptors (Lipinski definition) is 9. The van der Waals surface area contributed by atoms with Gasteiger partial charge in [0.25, 0.3) is 5.91 Å². The van der Waals surface area contributed by atoms with E-state index in [0.717, 1.165) is 60.6 Å². The highest BCUT2D eigenvalue weighted by molar-refractivity contribution is 7.81. The second kappa shape index (κ2) is 17.1. The van der Waals surface area contributed by atoms with Crippen LogP contribution in [0.4, 0.5) is 11.4 Å². The van der Waals surface area contributed by atoms with Crippen LogP contribution >= 0.6 is 35.4 Å². The molecule has 4 fully saturated rings. The quantitative estimate of drug-likeness (QED) is 0.145. The van der Waals surface area contributed by atoms with E-state index in [0.29, 0.717) is 59.7 Å². The largest absolute Gasteiger partial charge is 0.492 e. The Morgan fingerprint density at radius 1 is 0.966 bits per heavy atom. The molecule has 0 spiro atoms. The number of piperidine rings is 1. The van der Waals surface area contributed by atoms with Gasteiger partial charge >= 0.3 is 0 Å². The summed E-state index contributed by atoms with van der Waals surface area (Å²) < 4.78 is 6.46. The summed E-state index contributed by atoms with van der Waals surface area (Å²) >= 11 is 18.7. The molecule has 3 atom stereocenters. The number of imide groups is 1. The normalized spacial score (nSPS) is 22.6. The van der Waals surface area contributed by atoms with Crippen LogP contribution in [-0.2, 0) is 32.0 Å². The molecule has 1 saturated carbocycles. The lowest BCUT2D eigenvalue weighted by atomic mass is 9.90. The Labute approximate surface area is 355 Å².